The normalized spacial score (nSPS) is 22.7. The van der Waals surface area contributed by atoms with E-state index in [1.54, 1.807) is 23.5 Å². The molecule has 0 aromatic rings. The topological polar surface area (TPSA) is 40.0 Å². The minimum absolute atomic E-state index is 0. The molecule has 0 fully saturated rings. The minimum atomic E-state index is 0. The van der Waals surface area contributed by atoms with Crippen molar-refractivity contribution in [3.05, 3.63) is 11.1 Å². The highest BCUT2D eigenvalue weighted by atomic mass is 35.5. The molecule has 0 radical (unpaired) electrons. The van der Waals surface area contributed by atoms with Gasteiger partial charge < -0.3 is 10.2 Å². The van der Waals surface area contributed by atoms with Gasteiger partial charge >= 0.3 is 0 Å². The molecule has 0 saturated carbocycles. The van der Waals surface area contributed by atoms with Gasteiger partial charge in [-0.25, -0.2) is 0 Å². The number of nitrogens with one attached hydrogen (secondary N) is 1. The van der Waals surface area contributed by atoms with Gasteiger partial charge in [0, 0.05) is 31.1 Å². The fraction of sp³-hybridized carbons (Fsp3) is 0.667. The lowest BCUT2D eigenvalue weighted by Crippen LogP contribution is -2.31. The standard InChI is InChI=1S/C12H18N4S2.2ClH/c1-12(2)8-16-9(7-18-11(16)15-12)6-17-10-13-4-3-5-14-10;;/h7H,3-6,8H2,1-2H3,(H,13,14);2*1H. The third-order valence-corrected chi connectivity index (χ3v) is 4.94. The number of thioether (sulfide) groups is 2. The Morgan fingerprint density at radius 3 is 2.95 bits per heavy atom. The SMILES string of the molecule is CC1(C)CN2C(CSC3=NCCCN3)=CSC2=N1.Cl.Cl. The predicted octanol–water partition coefficient (Wildman–Crippen LogP) is 2.95. The average Bonchev–Trinajstić information content (AvgIpc) is 2.83. The van der Waals surface area contributed by atoms with Crippen molar-refractivity contribution < 1.29 is 0 Å². The van der Waals surface area contributed by atoms with Crippen LogP contribution in [-0.2, 0) is 0 Å². The van der Waals surface area contributed by atoms with E-state index in [1.165, 1.54) is 5.70 Å². The Kier molecular flexibility index (Phi) is 6.57. The van der Waals surface area contributed by atoms with Crippen molar-refractivity contribution in [3.8, 4) is 0 Å². The fourth-order valence-electron chi connectivity index (χ4n) is 2.17. The van der Waals surface area contributed by atoms with Gasteiger partial charge in [0.2, 0.25) is 0 Å². The van der Waals surface area contributed by atoms with Gasteiger partial charge in [-0.1, -0.05) is 23.5 Å². The van der Waals surface area contributed by atoms with Gasteiger partial charge in [-0.05, 0) is 25.7 Å². The minimum Gasteiger partial charge on any atom is -0.365 e. The van der Waals surface area contributed by atoms with Crippen molar-refractivity contribution in [1.82, 2.24) is 10.2 Å². The smallest absolute Gasteiger partial charge is 0.168 e. The van der Waals surface area contributed by atoms with E-state index in [2.05, 4.69) is 34.5 Å². The first kappa shape index (κ1) is 18.0. The number of fused-ring (bicyclic) bond motifs is 1. The van der Waals surface area contributed by atoms with E-state index < -0.39 is 0 Å². The van der Waals surface area contributed by atoms with E-state index in [9.17, 15) is 0 Å². The maximum Gasteiger partial charge on any atom is 0.168 e. The van der Waals surface area contributed by atoms with E-state index in [0.717, 1.165) is 42.1 Å². The highest BCUT2D eigenvalue weighted by molar-refractivity contribution is 8.17. The number of hydrogen-bond donors (Lipinski definition) is 1. The zero-order valence-electron chi connectivity index (χ0n) is 11.6. The van der Waals surface area contributed by atoms with Crippen molar-refractivity contribution in [3.63, 3.8) is 0 Å². The maximum absolute atomic E-state index is 4.73. The second-order valence-electron chi connectivity index (χ2n) is 5.28. The van der Waals surface area contributed by atoms with Crippen LogP contribution in [0.3, 0.4) is 0 Å². The first-order chi connectivity index (χ1) is 8.64. The highest BCUT2D eigenvalue weighted by Crippen LogP contribution is 2.36. The molecule has 0 aliphatic carbocycles. The summed E-state index contributed by atoms with van der Waals surface area (Å²) in [6.45, 7) is 7.41. The van der Waals surface area contributed by atoms with Gasteiger partial charge in [-0.3, -0.25) is 9.98 Å². The van der Waals surface area contributed by atoms with Gasteiger partial charge in [0.15, 0.2) is 10.3 Å². The number of aliphatic imine (C=N–C) groups is 2. The van der Waals surface area contributed by atoms with Crippen LogP contribution in [0.25, 0.3) is 0 Å². The van der Waals surface area contributed by atoms with E-state index in [0.29, 0.717) is 0 Å². The van der Waals surface area contributed by atoms with Crippen LogP contribution < -0.4 is 5.32 Å². The molecule has 0 unspecified atom stereocenters. The number of nitrogens with zero attached hydrogens (tertiary/aromatic N) is 3. The molecule has 0 aromatic heterocycles. The molecule has 3 aliphatic rings. The zero-order valence-corrected chi connectivity index (χ0v) is 14.9. The molecular weight excluding hydrogens is 335 g/mol. The number of hydrogen-bond acceptors (Lipinski definition) is 6. The van der Waals surface area contributed by atoms with E-state index >= 15 is 0 Å². The molecule has 4 nitrogen and oxygen atoms in total. The van der Waals surface area contributed by atoms with E-state index in [4.69, 9.17) is 4.99 Å². The summed E-state index contributed by atoms with van der Waals surface area (Å²) in [6.07, 6.45) is 1.15. The molecule has 8 heteroatoms. The van der Waals surface area contributed by atoms with Crippen molar-refractivity contribution in [2.24, 2.45) is 9.98 Å². The number of rotatable bonds is 2. The van der Waals surface area contributed by atoms with Crippen LogP contribution in [0.2, 0.25) is 0 Å². The van der Waals surface area contributed by atoms with Crippen molar-refractivity contribution in [2.45, 2.75) is 25.8 Å². The summed E-state index contributed by atoms with van der Waals surface area (Å²) in [5, 5.41) is 7.83. The lowest BCUT2D eigenvalue weighted by Gasteiger charge is -2.21. The largest absolute Gasteiger partial charge is 0.365 e. The van der Waals surface area contributed by atoms with E-state index in [1.807, 2.05) is 0 Å². The van der Waals surface area contributed by atoms with Crippen molar-refractivity contribution in [1.29, 1.82) is 0 Å². The molecule has 0 amide bonds. The van der Waals surface area contributed by atoms with Crippen LogP contribution in [0.1, 0.15) is 20.3 Å². The third-order valence-electron chi connectivity index (χ3n) is 3.04. The zero-order chi connectivity index (χ0) is 12.6. The fourth-order valence-corrected chi connectivity index (χ4v) is 4.25. The summed E-state index contributed by atoms with van der Waals surface area (Å²) in [7, 11) is 0. The van der Waals surface area contributed by atoms with Gasteiger partial charge in [0.1, 0.15) is 0 Å². The van der Waals surface area contributed by atoms with Crippen LogP contribution in [-0.4, -0.2) is 46.2 Å². The third kappa shape index (κ3) is 4.00. The molecule has 0 aromatic carbocycles. The van der Waals surface area contributed by atoms with Crippen LogP contribution >= 0.6 is 48.3 Å². The first-order valence-corrected chi connectivity index (χ1v) is 8.15. The van der Waals surface area contributed by atoms with Crippen molar-refractivity contribution in [2.75, 3.05) is 25.4 Å². The Morgan fingerprint density at radius 1 is 1.45 bits per heavy atom. The Bertz CT molecular complexity index is 449. The molecule has 0 bridgehead atoms. The summed E-state index contributed by atoms with van der Waals surface area (Å²) < 4.78 is 0. The summed E-state index contributed by atoms with van der Waals surface area (Å²) in [5.41, 5.74) is 1.43. The molecule has 3 rings (SSSR count). The van der Waals surface area contributed by atoms with Gasteiger partial charge in [-0.15, -0.1) is 24.8 Å². The Morgan fingerprint density at radius 2 is 2.25 bits per heavy atom. The molecule has 3 heterocycles. The number of halogens is 2. The van der Waals surface area contributed by atoms with Crippen molar-refractivity contribution >= 4 is 58.7 Å². The van der Waals surface area contributed by atoms with Gasteiger partial charge in [0.05, 0.1) is 5.54 Å². The molecule has 1 N–H and O–H groups in total. The van der Waals surface area contributed by atoms with Crippen LogP contribution in [0.5, 0.6) is 0 Å². The second kappa shape index (κ2) is 7.29. The summed E-state index contributed by atoms with van der Waals surface area (Å²) in [4.78, 5) is 11.6. The van der Waals surface area contributed by atoms with Crippen LogP contribution in [0.15, 0.2) is 21.1 Å². The summed E-state index contributed by atoms with van der Waals surface area (Å²) in [6, 6.07) is 0. The number of amidine groups is 2. The lowest BCUT2D eigenvalue weighted by atomic mass is 10.1. The predicted molar refractivity (Wildman–Crippen MR) is 95.8 cm³/mol. The molecule has 0 saturated heterocycles. The second-order valence-corrected chi connectivity index (χ2v) is 7.08. The monoisotopic (exact) mass is 354 g/mol. The lowest BCUT2D eigenvalue weighted by molar-refractivity contribution is 0.436. The van der Waals surface area contributed by atoms with Crippen LogP contribution in [0.4, 0.5) is 0 Å². The molecule has 0 spiro atoms. The molecule has 0 atom stereocenters. The van der Waals surface area contributed by atoms with Gasteiger partial charge in [-0.2, -0.15) is 0 Å². The highest BCUT2D eigenvalue weighted by Gasteiger charge is 2.36. The first-order valence-electron chi connectivity index (χ1n) is 6.28. The molecule has 3 aliphatic heterocycles. The summed E-state index contributed by atoms with van der Waals surface area (Å²) in [5.74, 6) is 0.980. The quantitative estimate of drug-likeness (QED) is 0.827. The Labute approximate surface area is 141 Å². The summed E-state index contributed by atoms with van der Waals surface area (Å²) >= 11 is 3.55. The Hall–Kier alpha value is -0.0400. The molecule has 114 valence electrons. The van der Waals surface area contributed by atoms with E-state index in [-0.39, 0.29) is 30.4 Å². The van der Waals surface area contributed by atoms with Crippen LogP contribution in [0, 0.1) is 0 Å². The average molecular weight is 355 g/mol. The molecule has 20 heavy (non-hydrogen) atoms. The Balaban J connectivity index is 0.000001000. The van der Waals surface area contributed by atoms with Gasteiger partial charge in [0.25, 0.3) is 0 Å². The maximum atomic E-state index is 4.73. The molecular formula is C12H20Cl2N4S2.